The van der Waals surface area contributed by atoms with Crippen LogP contribution in [0.15, 0.2) is 50.8 Å². The van der Waals surface area contributed by atoms with Gasteiger partial charge in [-0.1, -0.05) is 23.7 Å². The number of aliphatic imine (C=N–C) groups is 1. The maximum Gasteiger partial charge on any atom is 0.264 e. The molecule has 2 N–H and O–H groups in total. The molecule has 2 aromatic rings. The number of carbonyl (C=O) groups excluding carboxylic acids is 1. The Bertz CT molecular complexity index is 896. The average Bonchev–Trinajstić information content (AvgIpc) is 2.86. The first-order chi connectivity index (χ1) is 11.4. The zero-order chi connectivity index (χ0) is 17.3. The van der Waals surface area contributed by atoms with Crippen molar-refractivity contribution < 1.29 is 9.90 Å². The SMILES string of the molecule is Cc1ccc(N=C2NC(=O)/C(=C/c3ccc(O)c(Br)c3)S2)cc1Cl. The van der Waals surface area contributed by atoms with Crippen molar-refractivity contribution >= 4 is 62.1 Å². The van der Waals surface area contributed by atoms with Gasteiger partial charge in [-0.15, -0.1) is 0 Å². The van der Waals surface area contributed by atoms with Crippen molar-refractivity contribution in [3.63, 3.8) is 0 Å². The first-order valence-corrected chi connectivity index (χ1v) is 8.95. The van der Waals surface area contributed by atoms with Gasteiger partial charge in [-0.2, -0.15) is 0 Å². The average molecular weight is 424 g/mol. The van der Waals surface area contributed by atoms with E-state index < -0.39 is 0 Å². The Kier molecular flexibility index (Phi) is 4.99. The second-order valence-corrected chi connectivity index (χ2v) is 7.42. The number of benzene rings is 2. The Morgan fingerprint density at radius 1 is 1.29 bits per heavy atom. The molecule has 24 heavy (non-hydrogen) atoms. The lowest BCUT2D eigenvalue weighted by Gasteiger charge is -2.00. The first kappa shape index (κ1) is 17.1. The summed E-state index contributed by atoms with van der Waals surface area (Å²) < 4.78 is 0.573. The van der Waals surface area contributed by atoms with Crippen LogP contribution in [0.2, 0.25) is 5.02 Å². The minimum Gasteiger partial charge on any atom is -0.507 e. The number of aryl methyl sites for hydroxylation is 1. The van der Waals surface area contributed by atoms with Gasteiger partial charge in [-0.05, 0) is 76.1 Å². The summed E-state index contributed by atoms with van der Waals surface area (Å²) in [6, 6.07) is 10.5. The lowest BCUT2D eigenvalue weighted by Crippen LogP contribution is -2.19. The highest BCUT2D eigenvalue weighted by Gasteiger charge is 2.23. The third-order valence-electron chi connectivity index (χ3n) is 3.31. The number of thioether (sulfide) groups is 1. The second kappa shape index (κ2) is 7.01. The molecule has 0 bridgehead atoms. The summed E-state index contributed by atoms with van der Waals surface area (Å²) in [5.74, 6) is -0.0552. The van der Waals surface area contributed by atoms with Crippen molar-refractivity contribution in [2.24, 2.45) is 4.99 Å². The van der Waals surface area contributed by atoms with E-state index in [1.807, 2.05) is 19.1 Å². The van der Waals surface area contributed by atoms with Crippen LogP contribution in [-0.2, 0) is 4.79 Å². The Hall–Kier alpha value is -1.76. The molecule has 0 spiro atoms. The van der Waals surface area contributed by atoms with Gasteiger partial charge in [0.1, 0.15) is 5.75 Å². The molecule has 0 radical (unpaired) electrons. The van der Waals surface area contributed by atoms with Crippen LogP contribution in [0.1, 0.15) is 11.1 Å². The van der Waals surface area contributed by atoms with Crippen LogP contribution in [0.4, 0.5) is 5.69 Å². The van der Waals surface area contributed by atoms with Gasteiger partial charge >= 0.3 is 0 Å². The number of aromatic hydroxyl groups is 1. The number of carbonyl (C=O) groups is 1. The highest BCUT2D eigenvalue weighted by atomic mass is 79.9. The van der Waals surface area contributed by atoms with Crippen LogP contribution in [0.25, 0.3) is 6.08 Å². The number of amidine groups is 1. The van der Waals surface area contributed by atoms with E-state index in [4.69, 9.17) is 11.6 Å². The smallest absolute Gasteiger partial charge is 0.264 e. The summed E-state index contributed by atoms with van der Waals surface area (Å²) in [6.07, 6.45) is 1.74. The molecule has 1 saturated heterocycles. The number of rotatable bonds is 2. The van der Waals surface area contributed by atoms with E-state index in [0.717, 1.165) is 11.1 Å². The van der Waals surface area contributed by atoms with Gasteiger partial charge in [0.25, 0.3) is 5.91 Å². The molecular weight excluding hydrogens is 412 g/mol. The highest BCUT2D eigenvalue weighted by Crippen LogP contribution is 2.31. The number of halogens is 2. The van der Waals surface area contributed by atoms with Gasteiger partial charge in [0.05, 0.1) is 15.1 Å². The Morgan fingerprint density at radius 3 is 2.79 bits per heavy atom. The molecule has 0 unspecified atom stereocenters. The van der Waals surface area contributed by atoms with Crippen molar-refractivity contribution in [3.05, 3.63) is 61.9 Å². The first-order valence-electron chi connectivity index (χ1n) is 6.96. The second-order valence-electron chi connectivity index (χ2n) is 5.13. The summed E-state index contributed by atoms with van der Waals surface area (Å²) in [6.45, 7) is 1.92. The molecule has 0 saturated carbocycles. The minimum atomic E-state index is -0.207. The third-order valence-corrected chi connectivity index (χ3v) is 5.26. The summed E-state index contributed by atoms with van der Waals surface area (Å²) in [4.78, 5) is 17.0. The third kappa shape index (κ3) is 3.83. The molecule has 7 heteroatoms. The predicted octanol–water partition coefficient (Wildman–Crippen LogP) is 5.01. The van der Waals surface area contributed by atoms with Crippen molar-refractivity contribution in [2.75, 3.05) is 0 Å². The van der Waals surface area contributed by atoms with Crippen molar-refractivity contribution in [1.82, 2.24) is 5.32 Å². The van der Waals surface area contributed by atoms with E-state index in [-0.39, 0.29) is 11.7 Å². The molecule has 122 valence electrons. The topological polar surface area (TPSA) is 61.7 Å². The zero-order valence-corrected chi connectivity index (χ0v) is 15.7. The predicted molar refractivity (Wildman–Crippen MR) is 103 cm³/mol. The fourth-order valence-electron chi connectivity index (χ4n) is 2.01. The van der Waals surface area contributed by atoms with E-state index in [0.29, 0.717) is 25.3 Å². The van der Waals surface area contributed by atoms with Crippen LogP contribution in [-0.4, -0.2) is 16.2 Å². The van der Waals surface area contributed by atoms with Crippen LogP contribution >= 0.6 is 39.3 Å². The molecule has 2 aromatic carbocycles. The molecular formula is C17H12BrClN2O2S. The lowest BCUT2D eigenvalue weighted by atomic mass is 10.2. The minimum absolute atomic E-state index is 0.152. The number of phenols is 1. The number of nitrogens with zero attached hydrogens (tertiary/aromatic N) is 1. The fraction of sp³-hybridized carbons (Fsp3) is 0.0588. The largest absolute Gasteiger partial charge is 0.507 e. The van der Waals surface area contributed by atoms with E-state index in [1.165, 1.54) is 11.8 Å². The van der Waals surface area contributed by atoms with Gasteiger partial charge in [-0.3, -0.25) is 4.79 Å². The van der Waals surface area contributed by atoms with Crippen LogP contribution < -0.4 is 5.32 Å². The standard InChI is InChI=1S/C17H12BrClN2O2S/c1-9-2-4-11(8-13(9)19)20-17-21-16(23)15(24-17)7-10-3-5-14(22)12(18)6-10/h2-8,22H,1H3,(H,20,21,23)/b15-7-. The van der Waals surface area contributed by atoms with Gasteiger partial charge in [0, 0.05) is 5.02 Å². The molecule has 0 atom stereocenters. The van der Waals surface area contributed by atoms with E-state index in [2.05, 4.69) is 26.2 Å². The highest BCUT2D eigenvalue weighted by molar-refractivity contribution is 9.10. The summed E-state index contributed by atoms with van der Waals surface area (Å²) >= 11 is 10.6. The number of hydrogen-bond acceptors (Lipinski definition) is 4. The van der Waals surface area contributed by atoms with Crippen LogP contribution in [0, 0.1) is 6.92 Å². The fourth-order valence-corrected chi connectivity index (χ4v) is 3.43. The molecule has 0 aromatic heterocycles. The Labute approximate surface area is 156 Å². The van der Waals surface area contributed by atoms with Crippen LogP contribution in [0.3, 0.4) is 0 Å². The zero-order valence-electron chi connectivity index (χ0n) is 12.5. The Morgan fingerprint density at radius 2 is 2.08 bits per heavy atom. The molecule has 4 nitrogen and oxygen atoms in total. The van der Waals surface area contributed by atoms with E-state index in [9.17, 15) is 9.90 Å². The lowest BCUT2D eigenvalue weighted by molar-refractivity contribution is -0.115. The number of nitrogens with one attached hydrogen (secondary N) is 1. The van der Waals surface area contributed by atoms with Gasteiger partial charge in [-0.25, -0.2) is 4.99 Å². The van der Waals surface area contributed by atoms with Crippen molar-refractivity contribution in [3.8, 4) is 5.75 Å². The summed E-state index contributed by atoms with van der Waals surface area (Å²) in [7, 11) is 0. The molecule has 3 rings (SSSR count). The molecule has 1 aliphatic heterocycles. The summed E-state index contributed by atoms with van der Waals surface area (Å²) in [5.41, 5.74) is 2.46. The molecule has 1 heterocycles. The summed E-state index contributed by atoms with van der Waals surface area (Å²) in [5, 5.41) is 13.4. The normalized spacial score (nSPS) is 17.5. The van der Waals surface area contributed by atoms with E-state index in [1.54, 1.807) is 30.3 Å². The maximum absolute atomic E-state index is 12.1. The van der Waals surface area contributed by atoms with Crippen molar-refractivity contribution in [2.45, 2.75) is 6.92 Å². The van der Waals surface area contributed by atoms with Crippen LogP contribution in [0.5, 0.6) is 5.75 Å². The molecule has 1 fully saturated rings. The van der Waals surface area contributed by atoms with E-state index >= 15 is 0 Å². The quantitative estimate of drug-likeness (QED) is 0.668. The molecule has 0 aliphatic carbocycles. The van der Waals surface area contributed by atoms with Crippen molar-refractivity contribution in [1.29, 1.82) is 0 Å². The number of amides is 1. The maximum atomic E-state index is 12.1. The van der Waals surface area contributed by atoms with Gasteiger partial charge in [0.2, 0.25) is 0 Å². The Balaban J connectivity index is 1.84. The van der Waals surface area contributed by atoms with Gasteiger partial charge in [0.15, 0.2) is 5.17 Å². The molecule has 1 amide bonds. The number of hydrogen-bond donors (Lipinski definition) is 2. The number of phenolic OH excluding ortho intramolecular Hbond substituents is 1. The van der Waals surface area contributed by atoms with Gasteiger partial charge < -0.3 is 10.4 Å². The monoisotopic (exact) mass is 422 g/mol. The molecule has 1 aliphatic rings.